The Kier molecular flexibility index (Phi) is 13.9. The van der Waals surface area contributed by atoms with Crippen molar-refractivity contribution in [3.05, 3.63) is 83.4 Å². The van der Waals surface area contributed by atoms with Crippen LogP contribution in [0.25, 0.3) is 0 Å². The van der Waals surface area contributed by atoms with Crippen LogP contribution in [0.3, 0.4) is 0 Å². The van der Waals surface area contributed by atoms with E-state index in [-0.39, 0.29) is 11.2 Å². The highest BCUT2D eigenvalue weighted by Gasteiger charge is 2.33. The van der Waals surface area contributed by atoms with Gasteiger partial charge in [0.1, 0.15) is 41.5 Å². The number of nitrogens with zero attached hydrogens (tertiary/aromatic N) is 5. The highest BCUT2D eigenvalue weighted by atomic mass is 35.5. The fourth-order valence-corrected chi connectivity index (χ4v) is 6.22. The lowest BCUT2D eigenvalue weighted by molar-refractivity contribution is 0.0133. The predicted molar refractivity (Wildman–Crippen MR) is 206 cm³/mol. The number of hydrogen-bond acceptors (Lipinski definition) is 10. The summed E-state index contributed by atoms with van der Waals surface area (Å²) in [7, 11) is 0. The number of carbonyl (C=O) groups is 1. The second kappa shape index (κ2) is 18.4. The highest BCUT2D eigenvalue weighted by molar-refractivity contribution is 6.30. The Hall–Kier alpha value is -3.97. The molecular formula is C39H52Cl2N6O6. The van der Waals surface area contributed by atoms with Crippen molar-refractivity contribution in [2.45, 2.75) is 77.1 Å². The van der Waals surface area contributed by atoms with E-state index in [1.165, 1.54) is 6.20 Å². The van der Waals surface area contributed by atoms with Gasteiger partial charge in [-0.25, -0.2) is 4.79 Å². The summed E-state index contributed by atoms with van der Waals surface area (Å²) in [6.45, 7) is 16.6. The van der Waals surface area contributed by atoms with E-state index in [0.29, 0.717) is 24.0 Å². The molecule has 4 heterocycles. The quantitative estimate of drug-likeness (QED) is 0.152. The lowest BCUT2D eigenvalue weighted by Crippen LogP contribution is -2.47. The molecule has 6 rings (SSSR count). The van der Waals surface area contributed by atoms with Gasteiger partial charge in [-0.3, -0.25) is 14.9 Å². The molecule has 0 bridgehead atoms. The number of H-pyrrole nitrogens is 1. The van der Waals surface area contributed by atoms with E-state index in [1.54, 1.807) is 18.6 Å². The number of likely N-dealkylation sites (tertiary alicyclic amines) is 2. The molecule has 0 atom stereocenters. The number of hydrogen-bond donors (Lipinski definition) is 1. The number of rotatable bonds is 12. The molecule has 2 aromatic carbocycles. The van der Waals surface area contributed by atoms with Crippen molar-refractivity contribution < 1.29 is 28.5 Å². The maximum atomic E-state index is 12.0. The molecule has 2 aliphatic heterocycles. The first-order chi connectivity index (χ1) is 25.2. The van der Waals surface area contributed by atoms with Crippen LogP contribution in [-0.4, -0.2) is 105 Å². The van der Waals surface area contributed by atoms with E-state index < -0.39 is 11.7 Å². The molecule has 0 unspecified atom stereocenters. The molecular weight excluding hydrogens is 719 g/mol. The number of nitrogens with one attached hydrogen (secondary N) is 1. The number of benzene rings is 2. The third-order valence-corrected chi connectivity index (χ3v) is 9.65. The molecule has 0 spiro atoms. The Balaban J connectivity index is 0.000000211. The molecule has 4 aromatic rings. The molecule has 12 nitrogen and oxygen atoms in total. The molecule has 14 heteroatoms. The Morgan fingerprint density at radius 1 is 0.736 bits per heavy atom. The molecule has 2 saturated heterocycles. The standard InChI is InChI=1S/C22H30ClN3O4.C17H22ClN3O2/c1-21(2,3)30-20(27)26-16-19(15-24-26)28-14-13-25-11-9-22(4,10-12-25)29-18-7-5-17(23)6-8-18;1-17(23-15-4-2-14(18)3-5-15)6-8-21(9-7-17)10-11-22-16-12-19-20-13-16/h5-8,15-16H,9-14H2,1-4H3;2-5,12-13H,6-11H2,1H3,(H,19,20). The van der Waals surface area contributed by atoms with Gasteiger partial charge in [-0.15, -0.1) is 0 Å². The minimum atomic E-state index is -0.565. The number of ether oxygens (including phenoxy) is 5. The summed E-state index contributed by atoms with van der Waals surface area (Å²) in [5, 5.41) is 12.1. The SMILES string of the molecule is CC(C)(C)OC(=O)n1cc(OCCN2CCC(C)(Oc3ccc(Cl)cc3)CC2)cn1.CC1(Oc2ccc(Cl)cc2)CCN(CCOc2cn[nH]c2)CC1. The monoisotopic (exact) mass is 770 g/mol. The largest absolute Gasteiger partial charge is 0.489 e. The van der Waals surface area contributed by atoms with Crippen molar-refractivity contribution in [1.29, 1.82) is 0 Å². The average Bonchev–Trinajstić information content (AvgIpc) is 3.82. The van der Waals surface area contributed by atoms with Crippen molar-refractivity contribution >= 4 is 29.3 Å². The number of piperidine rings is 2. The zero-order valence-electron chi connectivity index (χ0n) is 31.4. The summed E-state index contributed by atoms with van der Waals surface area (Å²) in [6.07, 6.45) is 9.87. The van der Waals surface area contributed by atoms with Gasteiger partial charge in [0.2, 0.25) is 0 Å². The average molecular weight is 772 g/mol. The van der Waals surface area contributed by atoms with Gasteiger partial charge in [0.15, 0.2) is 11.5 Å². The third-order valence-electron chi connectivity index (χ3n) is 9.15. The molecule has 0 amide bonds. The normalized spacial score (nSPS) is 17.3. The van der Waals surface area contributed by atoms with Crippen molar-refractivity contribution in [3.8, 4) is 23.0 Å². The maximum absolute atomic E-state index is 12.0. The van der Waals surface area contributed by atoms with E-state index in [4.69, 9.17) is 46.9 Å². The molecule has 1 N–H and O–H groups in total. The van der Waals surface area contributed by atoms with Crippen LogP contribution in [0, 0.1) is 0 Å². The van der Waals surface area contributed by atoms with Crippen LogP contribution in [0.4, 0.5) is 4.79 Å². The zero-order chi connectivity index (χ0) is 37.9. The maximum Gasteiger partial charge on any atom is 0.435 e. The van der Waals surface area contributed by atoms with E-state index >= 15 is 0 Å². The van der Waals surface area contributed by atoms with Crippen LogP contribution < -0.4 is 18.9 Å². The van der Waals surface area contributed by atoms with Gasteiger partial charge in [-0.1, -0.05) is 23.2 Å². The molecule has 2 aromatic heterocycles. The Morgan fingerprint density at radius 3 is 1.64 bits per heavy atom. The van der Waals surface area contributed by atoms with Crippen LogP contribution in [0.15, 0.2) is 73.3 Å². The highest BCUT2D eigenvalue weighted by Crippen LogP contribution is 2.30. The third kappa shape index (κ3) is 13.4. The van der Waals surface area contributed by atoms with Crippen LogP contribution >= 0.6 is 23.2 Å². The van der Waals surface area contributed by atoms with E-state index in [9.17, 15) is 4.79 Å². The minimum Gasteiger partial charge on any atom is -0.489 e. The number of halogens is 2. The van der Waals surface area contributed by atoms with Gasteiger partial charge in [0.25, 0.3) is 0 Å². The van der Waals surface area contributed by atoms with Crippen LogP contribution in [0.2, 0.25) is 10.0 Å². The summed E-state index contributed by atoms with van der Waals surface area (Å²) in [5.41, 5.74) is -0.862. The predicted octanol–water partition coefficient (Wildman–Crippen LogP) is 8.01. The lowest BCUT2D eigenvalue weighted by atomic mass is 9.93. The molecule has 0 radical (unpaired) electrons. The fourth-order valence-electron chi connectivity index (χ4n) is 5.97. The van der Waals surface area contributed by atoms with Gasteiger partial charge >= 0.3 is 6.09 Å². The van der Waals surface area contributed by atoms with Crippen molar-refractivity contribution in [2.24, 2.45) is 0 Å². The molecule has 288 valence electrons. The second-order valence-corrected chi connectivity index (χ2v) is 15.8. The Bertz CT molecular complexity index is 1680. The smallest absolute Gasteiger partial charge is 0.435 e. The van der Waals surface area contributed by atoms with E-state index in [0.717, 1.165) is 91.9 Å². The summed E-state index contributed by atoms with van der Waals surface area (Å²) in [4.78, 5) is 16.8. The molecule has 0 saturated carbocycles. The molecule has 0 aliphatic carbocycles. The van der Waals surface area contributed by atoms with Gasteiger partial charge in [-0.2, -0.15) is 14.9 Å². The summed E-state index contributed by atoms with van der Waals surface area (Å²) in [5.74, 6) is 3.07. The Morgan fingerprint density at radius 2 is 1.21 bits per heavy atom. The summed E-state index contributed by atoms with van der Waals surface area (Å²) >= 11 is 11.9. The van der Waals surface area contributed by atoms with Gasteiger partial charge < -0.3 is 23.7 Å². The van der Waals surface area contributed by atoms with Gasteiger partial charge in [-0.05, 0) is 109 Å². The fraction of sp³-hybridized carbons (Fsp3) is 0.513. The minimum absolute atomic E-state index is 0.115. The van der Waals surface area contributed by atoms with Crippen molar-refractivity contribution in [2.75, 3.05) is 52.5 Å². The first kappa shape index (κ1) is 40.2. The second-order valence-electron chi connectivity index (χ2n) is 14.9. The zero-order valence-corrected chi connectivity index (χ0v) is 32.9. The number of aromatic nitrogens is 4. The molecule has 2 fully saturated rings. The molecule has 53 heavy (non-hydrogen) atoms. The van der Waals surface area contributed by atoms with Crippen LogP contribution in [0.1, 0.15) is 60.3 Å². The number of carbonyl (C=O) groups excluding carboxylic acids is 1. The van der Waals surface area contributed by atoms with Gasteiger partial charge in [0, 0.05) is 49.3 Å². The van der Waals surface area contributed by atoms with E-state index in [2.05, 4.69) is 38.9 Å². The lowest BCUT2D eigenvalue weighted by Gasteiger charge is -2.39. The van der Waals surface area contributed by atoms with Gasteiger partial charge in [0.05, 0.1) is 24.8 Å². The van der Waals surface area contributed by atoms with Crippen LogP contribution in [0.5, 0.6) is 23.0 Å². The Labute approximate surface area is 322 Å². The summed E-state index contributed by atoms with van der Waals surface area (Å²) in [6, 6.07) is 15.1. The first-order valence-electron chi connectivity index (χ1n) is 18.1. The van der Waals surface area contributed by atoms with E-state index in [1.807, 2.05) is 69.3 Å². The first-order valence-corrected chi connectivity index (χ1v) is 18.9. The van der Waals surface area contributed by atoms with Crippen molar-refractivity contribution in [3.63, 3.8) is 0 Å². The van der Waals surface area contributed by atoms with Crippen molar-refractivity contribution in [1.82, 2.24) is 29.8 Å². The van der Waals surface area contributed by atoms with Crippen LogP contribution in [-0.2, 0) is 4.74 Å². The number of aromatic amines is 1. The summed E-state index contributed by atoms with van der Waals surface area (Å²) < 4.78 is 30.2. The molecule has 2 aliphatic rings. The topological polar surface area (TPSA) is 116 Å².